The molecule has 0 fully saturated rings. The number of nitrogens with zero attached hydrogens (tertiary/aromatic N) is 1. The summed E-state index contributed by atoms with van der Waals surface area (Å²) in [6, 6.07) is 8.89. The van der Waals surface area contributed by atoms with Crippen LogP contribution in [0.15, 0.2) is 36.4 Å². The minimum absolute atomic E-state index is 0.113. The SMILES string of the molecule is COc1ccc2c(c1)C(=O)N(C[C@@H](C#Cc1ccc3c(c1)COC3=O)NC(=O)NC=O)C2. The molecule has 0 unspecified atom stereocenters. The maximum absolute atomic E-state index is 12.8. The molecule has 0 spiro atoms. The molecule has 162 valence electrons. The Morgan fingerprint density at radius 2 is 2.06 bits per heavy atom. The van der Waals surface area contributed by atoms with E-state index in [4.69, 9.17) is 9.47 Å². The number of imide groups is 1. The number of esters is 1. The maximum atomic E-state index is 12.8. The highest BCUT2D eigenvalue weighted by atomic mass is 16.5. The van der Waals surface area contributed by atoms with Crippen LogP contribution in [0.1, 0.15) is 37.4 Å². The van der Waals surface area contributed by atoms with Gasteiger partial charge in [-0.05, 0) is 35.9 Å². The number of urea groups is 1. The van der Waals surface area contributed by atoms with Crippen molar-refractivity contribution in [3.63, 3.8) is 0 Å². The van der Waals surface area contributed by atoms with Gasteiger partial charge in [-0.3, -0.25) is 14.9 Å². The third kappa shape index (κ3) is 4.25. The van der Waals surface area contributed by atoms with Crippen molar-refractivity contribution in [1.29, 1.82) is 0 Å². The Bertz CT molecular complexity index is 1180. The third-order valence-corrected chi connectivity index (χ3v) is 5.17. The summed E-state index contributed by atoms with van der Waals surface area (Å²) in [5.74, 6) is 5.92. The van der Waals surface area contributed by atoms with Crippen LogP contribution in [0.5, 0.6) is 5.75 Å². The monoisotopic (exact) mass is 433 g/mol. The highest BCUT2D eigenvalue weighted by Gasteiger charge is 2.29. The second kappa shape index (κ2) is 8.81. The molecule has 0 bridgehead atoms. The second-order valence-electron chi connectivity index (χ2n) is 7.21. The molecular formula is C23H19N3O6. The molecule has 9 nitrogen and oxygen atoms in total. The quantitative estimate of drug-likeness (QED) is 0.416. The highest BCUT2D eigenvalue weighted by Crippen LogP contribution is 2.27. The van der Waals surface area contributed by atoms with Gasteiger partial charge < -0.3 is 19.7 Å². The van der Waals surface area contributed by atoms with E-state index in [2.05, 4.69) is 17.2 Å². The second-order valence-corrected chi connectivity index (χ2v) is 7.21. The predicted molar refractivity (Wildman–Crippen MR) is 112 cm³/mol. The summed E-state index contributed by atoms with van der Waals surface area (Å²) in [7, 11) is 1.53. The van der Waals surface area contributed by atoms with E-state index >= 15 is 0 Å². The van der Waals surface area contributed by atoms with Gasteiger partial charge in [0.25, 0.3) is 5.91 Å². The number of benzene rings is 2. The molecule has 0 radical (unpaired) electrons. The lowest BCUT2D eigenvalue weighted by atomic mass is 10.1. The Morgan fingerprint density at radius 3 is 2.84 bits per heavy atom. The number of cyclic esters (lactones) is 1. The lowest BCUT2D eigenvalue weighted by Crippen LogP contribution is -2.46. The zero-order valence-electron chi connectivity index (χ0n) is 17.1. The zero-order chi connectivity index (χ0) is 22.7. The number of hydrogen-bond acceptors (Lipinski definition) is 6. The Kier molecular flexibility index (Phi) is 5.77. The molecular weight excluding hydrogens is 414 g/mol. The van der Waals surface area contributed by atoms with Gasteiger partial charge in [0.05, 0.1) is 19.2 Å². The van der Waals surface area contributed by atoms with Gasteiger partial charge in [-0.1, -0.05) is 17.9 Å². The molecule has 0 aliphatic carbocycles. The number of rotatable bonds is 5. The van der Waals surface area contributed by atoms with Crippen molar-refractivity contribution >= 4 is 24.3 Å². The van der Waals surface area contributed by atoms with Gasteiger partial charge in [0.1, 0.15) is 18.4 Å². The number of amides is 4. The van der Waals surface area contributed by atoms with Gasteiger partial charge in [-0.15, -0.1) is 0 Å². The Balaban J connectivity index is 1.54. The average molecular weight is 433 g/mol. The molecule has 0 aromatic heterocycles. The molecule has 0 saturated heterocycles. The number of fused-ring (bicyclic) bond motifs is 2. The van der Waals surface area contributed by atoms with E-state index in [-0.39, 0.29) is 31.4 Å². The van der Waals surface area contributed by atoms with Gasteiger partial charge >= 0.3 is 12.0 Å². The summed E-state index contributed by atoms with van der Waals surface area (Å²) in [5.41, 5.74) is 3.26. The third-order valence-electron chi connectivity index (χ3n) is 5.17. The largest absolute Gasteiger partial charge is 0.497 e. The molecule has 2 aromatic carbocycles. The lowest BCUT2D eigenvalue weighted by molar-refractivity contribution is -0.108. The Hall–Kier alpha value is -4.32. The summed E-state index contributed by atoms with van der Waals surface area (Å²) in [5, 5.41) is 4.60. The van der Waals surface area contributed by atoms with Crippen molar-refractivity contribution in [2.45, 2.75) is 19.2 Å². The van der Waals surface area contributed by atoms with Crippen molar-refractivity contribution in [3.8, 4) is 17.6 Å². The summed E-state index contributed by atoms with van der Waals surface area (Å²) >= 11 is 0. The Labute approximate surface area is 183 Å². The van der Waals surface area contributed by atoms with Gasteiger partial charge in [-0.2, -0.15) is 0 Å². The zero-order valence-corrected chi connectivity index (χ0v) is 17.1. The summed E-state index contributed by atoms with van der Waals surface area (Å²) < 4.78 is 10.2. The van der Waals surface area contributed by atoms with Crippen molar-refractivity contribution in [3.05, 3.63) is 64.2 Å². The fourth-order valence-electron chi connectivity index (χ4n) is 3.60. The van der Waals surface area contributed by atoms with E-state index < -0.39 is 12.1 Å². The van der Waals surface area contributed by atoms with Crippen LogP contribution in [0, 0.1) is 11.8 Å². The van der Waals surface area contributed by atoms with Gasteiger partial charge in [0.2, 0.25) is 6.41 Å². The fourth-order valence-corrected chi connectivity index (χ4v) is 3.60. The van der Waals surface area contributed by atoms with Crippen LogP contribution in [-0.4, -0.2) is 48.9 Å². The number of methoxy groups -OCH3 is 1. The van der Waals surface area contributed by atoms with E-state index in [0.29, 0.717) is 29.0 Å². The number of carbonyl (C=O) groups excluding carboxylic acids is 4. The van der Waals surface area contributed by atoms with E-state index in [0.717, 1.165) is 11.1 Å². The molecule has 0 saturated carbocycles. The van der Waals surface area contributed by atoms with Crippen LogP contribution < -0.4 is 15.4 Å². The number of carbonyl (C=O) groups is 4. The molecule has 2 aliphatic rings. The molecule has 4 amide bonds. The maximum Gasteiger partial charge on any atom is 0.338 e. The molecule has 2 heterocycles. The van der Waals surface area contributed by atoms with E-state index in [1.807, 2.05) is 11.4 Å². The molecule has 2 aromatic rings. The molecule has 2 N–H and O–H groups in total. The number of hydrogen-bond donors (Lipinski definition) is 2. The van der Waals surface area contributed by atoms with Crippen LogP contribution >= 0.6 is 0 Å². The molecule has 4 rings (SSSR count). The first-order valence-electron chi connectivity index (χ1n) is 9.77. The minimum Gasteiger partial charge on any atom is -0.497 e. The van der Waals surface area contributed by atoms with Crippen molar-refractivity contribution in [1.82, 2.24) is 15.5 Å². The number of ether oxygens (including phenoxy) is 2. The summed E-state index contributed by atoms with van der Waals surface area (Å²) in [4.78, 5) is 48.5. The van der Waals surface area contributed by atoms with Crippen LogP contribution in [0.25, 0.3) is 0 Å². The molecule has 9 heteroatoms. The first-order chi connectivity index (χ1) is 15.5. The lowest BCUT2D eigenvalue weighted by Gasteiger charge is -2.21. The van der Waals surface area contributed by atoms with E-state index in [1.165, 1.54) is 7.11 Å². The molecule has 2 aliphatic heterocycles. The minimum atomic E-state index is -0.749. The topological polar surface area (TPSA) is 114 Å². The standard InChI is InChI=1S/C23H19N3O6/c1-31-18-6-4-15-10-26(21(28)20(15)9-18)11-17(25-23(30)24-13-27)5-2-14-3-7-19-16(8-14)12-32-22(19)29/h3-4,6-9,13,17H,10-12H2,1H3,(H2,24,25,27,30)/t17-/m1/s1. The van der Waals surface area contributed by atoms with Crippen LogP contribution in [0.3, 0.4) is 0 Å². The van der Waals surface area contributed by atoms with E-state index in [1.54, 1.807) is 35.2 Å². The van der Waals surface area contributed by atoms with Crippen LogP contribution in [0.2, 0.25) is 0 Å². The first-order valence-corrected chi connectivity index (χ1v) is 9.77. The van der Waals surface area contributed by atoms with Crippen molar-refractivity contribution < 1.29 is 28.7 Å². The van der Waals surface area contributed by atoms with E-state index in [9.17, 15) is 19.2 Å². The van der Waals surface area contributed by atoms with Crippen molar-refractivity contribution in [2.24, 2.45) is 0 Å². The highest BCUT2D eigenvalue weighted by molar-refractivity contribution is 5.99. The fraction of sp³-hybridized carbons (Fsp3) is 0.217. The number of nitrogens with one attached hydrogen (secondary N) is 2. The predicted octanol–water partition coefficient (Wildman–Crippen LogP) is 1.20. The van der Waals surface area contributed by atoms with Crippen molar-refractivity contribution in [2.75, 3.05) is 13.7 Å². The smallest absolute Gasteiger partial charge is 0.338 e. The van der Waals surface area contributed by atoms with Gasteiger partial charge in [0, 0.05) is 23.2 Å². The van der Waals surface area contributed by atoms with Gasteiger partial charge in [0.15, 0.2) is 0 Å². The van der Waals surface area contributed by atoms with Crippen LogP contribution in [-0.2, 0) is 22.7 Å². The summed E-state index contributed by atoms with van der Waals surface area (Å²) in [6.07, 6.45) is 0.264. The summed E-state index contributed by atoms with van der Waals surface area (Å²) in [6.45, 7) is 0.671. The Morgan fingerprint density at radius 1 is 1.22 bits per heavy atom. The van der Waals surface area contributed by atoms with Crippen LogP contribution in [0.4, 0.5) is 4.79 Å². The molecule has 1 atom stereocenters. The molecule has 32 heavy (non-hydrogen) atoms. The van der Waals surface area contributed by atoms with Gasteiger partial charge in [-0.25, -0.2) is 9.59 Å². The average Bonchev–Trinajstić information content (AvgIpc) is 3.31. The normalized spacial score (nSPS) is 14.5. The first kappa shape index (κ1) is 20.9.